The van der Waals surface area contributed by atoms with Crippen LogP contribution in [0.5, 0.6) is 0 Å². The SMILES string of the molecule is CC1=C(c2nc(-c3ccc(C)cc3)no2)C(c2cccc(F)c2)NC(=O)N1Cc1cccc(Cl)c1. The Morgan fingerprint density at radius 3 is 2.57 bits per heavy atom. The van der Waals surface area contributed by atoms with Crippen molar-refractivity contribution in [2.24, 2.45) is 0 Å². The van der Waals surface area contributed by atoms with Crippen molar-refractivity contribution in [3.63, 3.8) is 0 Å². The molecule has 1 N–H and O–H groups in total. The number of carbonyl (C=O) groups excluding carboxylic acids is 1. The van der Waals surface area contributed by atoms with Crippen molar-refractivity contribution in [3.05, 3.63) is 112 Å². The summed E-state index contributed by atoms with van der Waals surface area (Å²) < 4.78 is 19.8. The van der Waals surface area contributed by atoms with Crippen molar-refractivity contribution >= 4 is 23.2 Å². The summed E-state index contributed by atoms with van der Waals surface area (Å²) in [4.78, 5) is 19.4. The Labute approximate surface area is 207 Å². The van der Waals surface area contributed by atoms with Crippen LogP contribution < -0.4 is 5.32 Å². The highest BCUT2D eigenvalue weighted by molar-refractivity contribution is 6.30. The highest BCUT2D eigenvalue weighted by Gasteiger charge is 2.36. The lowest BCUT2D eigenvalue weighted by atomic mass is 9.94. The Bertz CT molecular complexity index is 1430. The lowest BCUT2D eigenvalue weighted by Gasteiger charge is -2.35. The topological polar surface area (TPSA) is 71.3 Å². The van der Waals surface area contributed by atoms with E-state index in [1.165, 1.54) is 12.1 Å². The zero-order chi connectivity index (χ0) is 24.5. The summed E-state index contributed by atoms with van der Waals surface area (Å²) in [5.41, 5.74) is 4.59. The first kappa shape index (κ1) is 22.8. The molecule has 4 aromatic rings. The minimum Gasteiger partial charge on any atom is -0.334 e. The smallest absolute Gasteiger partial charge is 0.322 e. The van der Waals surface area contributed by atoms with E-state index in [2.05, 4.69) is 15.5 Å². The molecule has 0 spiro atoms. The van der Waals surface area contributed by atoms with Gasteiger partial charge >= 0.3 is 6.03 Å². The number of hydrogen-bond donors (Lipinski definition) is 1. The summed E-state index contributed by atoms with van der Waals surface area (Å²) in [5, 5.41) is 7.73. The van der Waals surface area contributed by atoms with Crippen molar-refractivity contribution in [3.8, 4) is 11.4 Å². The number of aryl methyl sites for hydroxylation is 1. The molecule has 0 bridgehead atoms. The third-order valence-corrected chi connectivity index (χ3v) is 6.21. The first-order valence-corrected chi connectivity index (χ1v) is 11.5. The quantitative estimate of drug-likeness (QED) is 0.346. The molecule has 0 fully saturated rings. The van der Waals surface area contributed by atoms with Crippen LogP contribution in [0.15, 0.2) is 83.0 Å². The molecule has 1 atom stereocenters. The minimum absolute atomic E-state index is 0.253. The van der Waals surface area contributed by atoms with Gasteiger partial charge in [0.15, 0.2) is 0 Å². The second kappa shape index (κ2) is 9.35. The standard InChI is InChI=1S/C27H22ClFN4O2/c1-16-9-11-19(12-10-16)25-31-26(35-32-25)23-17(2)33(15-18-5-3-7-21(28)13-18)27(34)30-24(23)20-6-4-8-22(29)14-20/h3-14,24H,15H2,1-2H3,(H,30,34). The number of amides is 2. The number of rotatable bonds is 5. The van der Waals surface area contributed by atoms with E-state index in [1.807, 2.05) is 56.3 Å². The molecule has 1 unspecified atom stereocenters. The fourth-order valence-electron chi connectivity index (χ4n) is 4.16. The van der Waals surface area contributed by atoms with Crippen LogP contribution in [0.3, 0.4) is 0 Å². The molecule has 2 amide bonds. The van der Waals surface area contributed by atoms with E-state index in [1.54, 1.807) is 23.1 Å². The zero-order valence-electron chi connectivity index (χ0n) is 19.1. The van der Waals surface area contributed by atoms with E-state index in [0.29, 0.717) is 27.7 Å². The van der Waals surface area contributed by atoms with Gasteiger partial charge in [0, 0.05) is 16.3 Å². The lowest BCUT2D eigenvalue weighted by molar-refractivity contribution is 0.203. The van der Waals surface area contributed by atoms with Crippen LogP contribution in [0.1, 0.15) is 35.5 Å². The van der Waals surface area contributed by atoms with Crippen LogP contribution in [-0.2, 0) is 6.54 Å². The summed E-state index contributed by atoms with van der Waals surface area (Å²) in [6.45, 7) is 4.11. The van der Waals surface area contributed by atoms with Crippen molar-refractivity contribution in [1.29, 1.82) is 0 Å². The van der Waals surface area contributed by atoms with Gasteiger partial charge in [-0.15, -0.1) is 0 Å². The fraction of sp³-hybridized carbons (Fsp3) is 0.148. The highest BCUT2D eigenvalue weighted by atomic mass is 35.5. The van der Waals surface area contributed by atoms with Crippen LogP contribution in [0.25, 0.3) is 17.0 Å². The number of aromatic nitrogens is 2. The summed E-state index contributed by atoms with van der Waals surface area (Å²) in [6.07, 6.45) is 0. The number of urea groups is 1. The Hall–Kier alpha value is -3.97. The molecule has 0 saturated carbocycles. The molecule has 3 aromatic carbocycles. The third-order valence-electron chi connectivity index (χ3n) is 5.97. The predicted molar refractivity (Wildman–Crippen MR) is 132 cm³/mol. The highest BCUT2D eigenvalue weighted by Crippen LogP contribution is 2.38. The molecule has 0 aliphatic carbocycles. The first-order valence-electron chi connectivity index (χ1n) is 11.1. The van der Waals surface area contributed by atoms with Crippen molar-refractivity contribution in [2.45, 2.75) is 26.4 Å². The predicted octanol–water partition coefficient (Wildman–Crippen LogP) is 6.54. The molecule has 1 aromatic heterocycles. The summed E-state index contributed by atoms with van der Waals surface area (Å²) in [7, 11) is 0. The zero-order valence-corrected chi connectivity index (χ0v) is 19.9. The maximum Gasteiger partial charge on any atom is 0.322 e. The summed E-state index contributed by atoms with van der Waals surface area (Å²) in [6, 6.07) is 20.2. The summed E-state index contributed by atoms with van der Waals surface area (Å²) >= 11 is 6.15. The first-order chi connectivity index (χ1) is 16.9. The van der Waals surface area contributed by atoms with Crippen LogP contribution in [0.4, 0.5) is 9.18 Å². The van der Waals surface area contributed by atoms with E-state index in [9.17, 15) is 9.18 Å². The molecule has 5 rings (SSSR count). The Morgan fingerprint density at radius 2 is 1.83 bits per heavy atom. The average Bonchev–Trinajstić information content (AvgIpc) is 3.31. The molecule has 35 heavy (non-hydrogen) atoms. The van der Waals surface area contributed by atoms with Gasteiger partial charge < -0.3 is 9.84 Å². The second-order valence-electron chi connectivity index (χ2n) is 8.44. The maximum absolute atomic E-state index is 14.1. The molecule has 0 saturated heterocycles. The third kappa shape index (κ3) is 4.68. The number of nitrogens with zero attached hydrogens (tertiary/aromatic N) is 3. The van der Waals surface area contributed by atoms with Crippen LogP contribution in [0, 0.1) is 12.7 Å². The van der Waals surface area contributed by atoms with Gasteiger partial charge in [-0.2, -0.15) is 4.98 Å². The van der Waals surface area contributed by atoms with E-state index in [0.717, 1.165) is 16.7 Å². The lowest BCUT2D eigenvalue weighted by Crippen LogP contribution is -2.45. The van der Waals surface area contributed by atoms with Gasteiger partial charge in [0.2, 0.25) is 5.82 Å². The van der Waals surface area contributed by atoms with Gasteiger partial charge in [-0.05, 0) is 49.2 Å². The number of carbonyl (C=O) groups is 1. The van der Waals surface area contributed by atoms with Crippen molar-refractivity contribution < 1.29 is 13.7 Å². The minimum atomic E-state index is -0.667. The van der Waals surface area contributed by atoms with Crippen molar-refractivity contribution in [1.82, 2.24) is 20.4 Å². The number of allylic oxidation sites excluding steroid dienone is 1. The van der Waals surface area contributed by atoms with Gasteiger partial charge in [-0.1, -0.05) is 70.9 Å². The number of halogens is 2. The molecule has 0 radical (unpaired) electrons. The molecule has 6 nitrogen and oxygen atoms in total. The number of nitrogens with one attached hydrogen (secondary N) is 1. The van der Waals surface area contributed by atoms with Gasteiger partial charge in [-0.25, -0.2) is 9.18 Å². The average molecular weight is 489 g/mol. The Kier molecular flexibility index (Phi) is 6.09. The largest absolute Gasteiger partial charge is 0.334 e. The maximum atomic E-state index is 14.1. The van der Waals surface area contributed by atoms with Gasteiger partial charge in [0.1, 0.15) is 5.82 Å². The monoisotopic (exact) mass is 488 g/mol. The Balaban J connectivity index is 1.60. The normalized spacial score (nSPS) is 15.9. The van der Waals surface area contributed by atoms with Gasteiger partial charge in [-0.3, -0.25) is 4.90 Å². The number of benzene rings is 3. The molecule has 2 heterocycles. The molecule has 1 aliphatic rings. The van der Waals surface area contributed by atoms with Gasteiger partial charge in [0.25, 0.3) is 5.89 Å². The second-order valence-corrected chi connectivity index (χ2v) is 8.88. The van der Waals surface area contributed by atoms with E-state index < -0.39 is 11.9 Å². The van der Waals surface area contributed by atoms with Crippen LogP contribution in [-0.4, -0.2) is 21.1 Å². The van der Waals surface area contributed by atoms with Crippen LogP contribution >= 0.6 is 11.6 Å². The summed E-state index contributed by atoms with van der Waals surface area (Å²) in [5.74, 6) is 0.279. The van der Waals surface area contributed by atoms with Crippen molar-refractivity contribution in [2.75, 3.05) is 0 Å². The fourth-order valence-corrected chi connectivity index (χ4v) is 4.37. The van der Waals surface area contributed by atoms with Gasteiger partial charge in [0.05, 0.1) is 18.2 Å². The van der Waals surface area contributed by atoms with E-state index in [-0.39, 0.29) is 18.5 Å². The molecular formula is C27H22ClFN4O2. The molecule has 1 aliphatic heterocycles. The van der Waals surface area contributed by atoms with Crippen LogP contribution in [0.2, 0.25) is 5.02 Å². The molecule has 176 valence electrons. The molecule has 8 heteroatoms. The number of hydrogen-bond acceptors (Lipinski definition) is 4. The van der Waals surface area contributed by atoms with E-state index >= 15 is 0 Å². The van der Waals surface area contributed by atoms with E-state index in [4.69, 9.17) is 16.1 Å². The molecular weight excluding hydrogens is 467 g/mol. The Morgan fingerprint density at radius 1 is 1.06 bits per heavy atom.